The lowest BCUT2D eigenvalue weighted by molar-refractivity contribution is 0.00233. The van der Waals surface area contributed by atoms with Gasteiger partial charge in [0.1, 0.15) is 5.82 Å². The van der Waals surface area contributed by atoms with Crippen LogP contribution >= 0.6 is 12.8 Å². The van der Waals surface area contributed by atoms with E-state index in [0.717, 1.165) is 6.20 Å². The summed E-state index contributed by atoms with van der Waals surface area (Å²) in [5, 5.41) is 23.3. The maximum atomic E-state index is 14.9. The number of thiol groups is 1. The number of rotatable bonds is 3. The number of nitrogens with zero attached hydrogens (tertiary/aromatic N) is 4. The van der Waals surface area contributed by atoms with Crippen LogP contribution in [0.25, 0.3) is 16.7 Å². The molecule has 0 radical (unpaired) electrons. The van der Waals surface area contributed by atoms with Gasteiger partial charge >= 0.3 is 0 Å². The fraction of sp³-hybridized carbons (Fsp3) is 0.409. The second-order valence-electron chi connectivity index (χ2n) is 8.07. The Bertz CT molecular complexity index is 1130. The zero-order chi connectivity index (χ0) is 22.0. The number of aliphatic imine (C=N–C) groups is 1. The molecule has 2 unspecified atom stereocenters. The molecule has 0 spiro atoms. The number of amidine groups is 1. The predicted molar refractivity (Wildman–Crippen MR) is 118 cm³/mol. The molecule has 2 atom stereocenters. The summed E-state index contributed by atoms with van der Waals surface area (Å²) in [6.07, 6.45) is 9.61. The van der Waals surface area contributed by atoms with Crippen molar-refractivity contribution < 1.29 is 13.9 Å². The number of aliphatic hydroxyl groups is 1. The first-order valence-corrected chi connectivity index (χ1v) is 10.6. The fourth-order valence-electron chi connectivity index (χ4n) is 4.23. The van der Waals surface area contributed by atoms with Crippen molar-refractivity contribution in [3.05, 3.63) is 47.8 Å². The monoisotopic (exact) mass is 443 g/mol. The second-order valence-corrected chi connectivity index (χ2v) is 8.50. The van der Waals surface area contributed by atoms with Crippen LogP contribution in [0.2, 0.25) is 0 Å². The molecular weight excluding hydrogens is 420 g/mol. The lowest BCUT2D eigenvalue weighted by Gasteiger charge is -2.33. The molecule has 1 saturated carbocycles. The molecule has 1 fully saturated rings. The Morgan fingerprint density at radius 2 is 2.19 bits per heavy atom. The third-order valence-corrected chi connectivity index (χ3v) is 6.02. The molecule has 4 rings (SSSR count). The first-order valence-electron chi connectivity index (χ1n) is 10.2. The van der Waals surface area contributed by atoms with Crippen molar-refractivity contribution in [1.82, 2.24) is 14.3 Å². The van der Waals surface area contributed by atoms with Crippen molar-refractivity contribution in [1.29, 1.82) is 5.26 Å². The summed E-state index contributed by atoms with van der Waals surface area (Å²) in [6, 6.07) is 3.09. The molecule has 1 aliphatic carbocycles. The van der Waals surface area contributed by atoms with Gasteiger partial charge in [-0.2, -0.15) is 5.26 Å². The molecule has 6 nitrogen and oxygen atoms in total. The minimum Gasteiger partial charge on any atom is -0.389 e. The molecule has 2 aliphatic rings. The molecule has 0 amide bonds. The van der Waals surface area contributed by atoms with Gasteiger partial charge in [-0.15, -0.1) is 0 Å². The first kappa shape index (κ1) is 21.5. The van der Waals surface area contributed by atoms with Crippen LogP contribution in [0.1, 0.15) is 50.5 Å². The van der Waals surface area contributed by atoms with E-state index in [-0.39, 0.29) is 18.3 Å². The zero-order valence-corrected chi connectivity index (χ0v) is 17.7. The van der Waals surface area contributed by atoms with Gasteiger partial charge in [-0.3, -0.25) is 8.96 Å². The summed E-state index contributed by atoms with van der Waals surface area (Å²) in [5.41, 5.74) is 0.636. The maximum absolute atomic E-state index is 14.9. The molecule has 162 valence electrons. The molecule has 1 aliphatic heterocycles. The Morgan fingerprint density at radius 1 is 1.39 bits per heavy atom. The third-order valence-electron chi connectivity index (χ3n) is 5.71. The molecule has 2 N–H and O–H groups in total. The highest BCUT2D eigenvalue weighted by molar-refractivity contribution is 7.78. The van der Waals surface area contributed by atoms with Crippen LogP contribution in [0.5, 0.6) is 0 Å². The van der Waals surface area contributed by atoms with Crippen molar-refractivity contribution in [3.8, 4) is 6.07 Å². The largest absolute Gasteiger partial charge is 0.389 e. The summed E-state index contributed by atoms with van der Waals surface area (Å²) in [5.74, 6) is -0.876. The number of fused-ring (bicyclic) bond motifs is 1. The van der Waals surface area contributed by atoms with E-state index in [1.807, 2.05) is 12.1 Å². The van der Waals surface area contributed by atoms with Gasteiger partial charge in [-0.1, -0.05) is 18.9 Å². The van der Waals surface area contributed by atoms with Gasteiger partial charge in [0, 0.05) is 22.8 Å². The standard InChI is InChI=1S/C22H23F2N5OS/c23-14-10-16-17(13-29(31)21(16)26-12-14)19-6-2-1-5-18(24)20(28-19)27-15-4-3-7-22(30,11-15)8-9-25/h5-6,10,12-13,15,30-31H,1-4,7-8,11H2,(H,27,28). The van der Waals surface area contributed by atoms with E-state index in [9.17, 15) is 13.9 Å². The van der Waals surface area contributed by atoms with E-state index in [2.05, 4.69) is 28.1 Å². The number of hydrogen-bond acceptors (Lipinski definition) is 5. The summed E-state index contributed by atoms with van der Waals surface area (Å²) < 4.78 is 30.2. The van der Waals surface area contributed by atoms with Crippen LogP contribution in [-0.4, -0.2) is 31.5 Å². The van der Waals surface area contributed by atoms with Gasteiger partial charge in [-0.25, -0.2) is 13.8 Å². The lowest BCUT2D eigenvalue weighted by Crippen LogP contribution is -2.37. The van der Waals surface area contributed by atoms with Crippen molar-refractivity contribution in [2.75, 3.05) is 0 Å². The van der Waals surface area contributed by atoms with Crippen LogP contribution in [0.15, 0.2) is 41.4 Å². The number of halogens is 2. The van der Waals surface area contributed by atoms with Gasteiger partial charge in [0.05, 0.1) is 30.3 Å². The van der Waals surface area contributed by atoms with Gasteiger partial charge in [0.25, 0.3) is 0 Å². The van der Waals surface area contributed by atoms with Crippen LogP contribution in [-0.2, 0) is 0 Å². The summed E-state index contributed by atoms with van der Waals surface area (Å²) in [4.78, 5) is 8.66. The van der Waals surface area contributed by atoms with E-state index in [1.165, 1.54) is 16.1 Å². The van der Waals surface area contributed by atoms with Crippen LogP contribution in [0.3, 0.4) is 0 Å². The van der Waals surface area contributed by atoms with E-state index in [1.54, 1.807) is 6.20 Å². The third kappa shape index (κ3) is 4.65. The van der Waals surface area contributed by atoms with Gasteiger partial charge in [0.15, 0.2) is 17.3 Å². The predicted octanol–water partition coefficient (Wildman–Crippen LogP) is 4.43. The highest BCUT2D eigenvalue weighted by Crippen LogP contribution is 2.33. The van der Waals surface area contributed by atoms with E-state index >= 15 is 0 Å². The van der Waals surface area contributed by atoms with E-state index in [4.69, 9.17) is 5.26 Å². The lowest BCUT2D eigenvalue weighted by atomic mass is 9.80. The smallest absolute Gasteiger partial charge is 0.162 e. The fourth-order valence-corrected chi connectivity index (χ4v) is 4.51. The number of hydrogen-bond donors (Lipinski definition) is 3. The topological polar surface area (TPSA) is 86.2 Å². The number of pyridine rings is 1. The van der Waals surface area contributed by atoms with Crippen molar-refractivity contribution in [2.45, 2.75) is 56.6 Å². The average molecular weight is 444 g/mol. The highest BCUT2D eigenvalue weighted by atomic mass is 32.1. The van der Waals surface area contributed by atoms with Crippen molar-refractivity contribution >= 4 is 35.4 Å². The molecule has 0 saturated heterocycles. The second kappa shape index (κ2) is 8.81. The minimum absolute atomic E-state index is 0.0330. The Hall–Kier alpha value is -2.70. The zero-order valence-electron chi connectivity index (χ0n) is 16.9. The van der Waals surface area contributed by atoms with E-state index < -0.39 is 17.2 Å². The average Bonchev–Trinajstić information content (AvgIpc) is 3.03. The summed E-state index contributed by atoms with van der Waals surface area (Å²) in [7, 11) is 0. The molecule has 31 heavy (non-hydrogen) atoms. The number of allylic oxidation sites excluding steroid dienone is 2. The Morgan fingerprint density at radius 3 is 3.00 bits per heavy atom. The Kier molecular flexibility index (Phi) is 6.12. The number of nitriles is 1. The number of nitrogens with one attached hydrogen (secondary N) is 1. The Labute approximate surface area is 184 Å². The first-order chi connectivity index (χ1) is 14.9. The highest BCUT2D eigenvalue weighted by Gasteiger charge is 2.34. The van der Waals surface area contributed by atoms with Crippen LogP contribution in [0.4, 0.5) is 8.78 Å². The Balaban J connectivity index is 1.68. The van der Waals surface area contributed by atoms with Crippen LogP contribution in [0, 0.1) is 17.1 Å². The van der Waals surface area contributed by atoms with E-state index in [0.29, 0.717) is 60.8 Å². The minimum atomic E-state index is -1.09. The molecule has 2 aromatic rings. The summed E-state index contributed by atoms with van der Waals surface area (Å²) >= 11 is 4.37. The summed E-state index contributed by atoms with van der Waals surface area (Å²) in [6.45, 7) is 0. The molecule has 9 heteroatoms. The maximum Gasteiger partial charge on any atom is 0.162 e. The SMILES string of the molecule is N#CCC1(O)CCCC(N=C2NC(c3cn(S)c4ncc(F)cc34)=CCCC=C2F)C1. The molecule has 3 heterocycles. The molecule has 2 aromatic heterocycles. The molecule has 0 aromatic carbocycles. The molecular formula is C22H23F2N5OS. The quantitative estimate of drug-likeness (QED) is 0.613. The number of aromatic nitrogens is 2. The normalized spacial score (nSPS) is 25.9. The van der Waals surface area contributed by atoms with Gasteiger partial charge in [0.2, 0.25) is 0 Å². The molecule has 0 bridgehead atoms. The van der Waals surface area contributed by atoms with Crippen molar-refractivity contribution in [2.24, 2.45) is 4.99 Å². The van der Waals surface area contributed by atoms with Crippen molar-refractivity contribution in [3.63, 3.8) is 0 Å². The van der Waals surface area contributed by atoms with Gasteiger partial charge < -0.3 is 10.4 Å². The van der Waals surface area contributed by atoms with Crippen LogP contribution < -0.4 is 5.32 Å². The van der Waals surface area contributed by atoms with Gasteiger partial charge in [-0.05, 0) is 50.7 Å².